The van der Waals surface area contributed by atoms with Gasteiger partial charge < -0.3 is 20.7 Å². The van der Waals surface area contributed by atoms with Crippen molar-refractivity contribution in [3.05, 3.63) is 89.1 Å². The van der Waals surface area contributed by atoms with E-state index in [-0.39, 0.29) is 17.6 Å². The Kier molecular flexibility index (Phi) is 9.26. The lowest BCUT2D eigenvalue weighted by molar-refractivity contribution is -0.463. The molecule has 0 spiro atoms. The summed E-state index contributed by atoms with van der Waals surface area (Å²) in [5, 5.41) is 9.20. The second kappa shape index (κ2) is 12.5. The molecular weight excluding hydrogens is 688 g/mol. The van der Waals surface area contributed by atoms with Crippen LogP contribution in [0.3, 0.4) is 0 Å². The fraction of sp³-hybridized carbons (Fsp3) is 0.172. The van der Waals surface area contributed by atoms with Crippen LogP contribution in [0.2, 0.25) is 5.02 Å². The summed E-state index contributed by atoms with van der Waals surface area (Å²) < 4.78 is 44.1. The number of alkyl halides is 4. The minimum atomic E-state index is -4.65. The van der Waals surface area contributed by atoms with Crippen LogP contribution in [0.4, 0.5) is 30.2 Å². The quantitative estimate of drug-likeness (QED) is 0.0854. The van der Waals surface area contributed by atoms with Gasteiger partial charge in [-0.05, 0) is 66.2 Å². The van der Waals surface area contributed by atoms with Gasteiger partial charge in [-0.15, -0.1) is 0 Å². The van der Waals surface area contributed by atoms with Crippen molar-refractivity contribution in [3.63, 3.8) is 0 Å². The first kappa shape index (κ1) is 31.0. The van der Waals surface area contributed by atoms with E-state index in [9.17, 15) is 27.6 Å². The number of carbonyl (C=O) groups is 3. The number of esters is 1. The molecule has 218 valence electrons. The second-order valence-electron chi connectivity index (χ2n) is 9.29. The molecule has 0 radical (unpaired) electrons. The van der Waals surface area contributed by atoms with Crippen LogP contribution in [0.5, 0.6) is 5.75 Å². The fourth-order valence-electron chi connectivity index (χ4n) is 4.07. The number of hydrogen-bond donors (Lipinski definition) is 3. The van der Waals surface area contributed by atoms with Crippen LogP contribution < -0.4 is 43.3 Å². The molecule has 0 aliphatic carbocycles. The van der Waals surface area contributed by atoms with Crippen LogP contribution in [-0.4, -0.2) is 26.3 Å². The Bertz CT molecular complexity index is 1650. The van der Waals surface area contributed by atoms with Crippen LogP contribution >= 0.6 is 11.6 Å². The van der Waals surface area contributed by atoms with Crippen LogP contribution in [0.25, 0.3) is 10.9 Å². The molecule has 8 nitrogen and oxygen atoms in total. The first-order valence-corrected chi connectivity index (χ1v) is 13.9. The van der Waals surface area contributed by atoms with Gasteiger partial charge in [-0.2, -0.15) is 13.2 Å². The zero-order valence-electron chi connectivity index (χ0n) is 22.1. The molecule has 0 aliphatic rings. The third-order valence-electron chi connectivity index (χ3n) is 5.87. The van der Waals surface area contributed by atoms with Crippen molar-refractivity contribution in [2.75, 3.05) is 10.6 Å². The molecule has 0 aliphatic heterocycles. The molecule has 1 atom stereocenters. The molecule has 13 heteroatoms. The Morgan fingerprint density at radius 2 is 1.57 bits per heavy atom. The van der Waals surface area contributed by atoms with Crippen LogP contribution in [0.15, 0.2) is 72.8 Å². The Labute approximate surface area is 257 Å². The zero-order chi connectivity index (χ0) is 30.7. The number of fused-ring (bicyclic) bond motifs is 1. The van der Waals surface area contributed by atoms with Crippen molar-refractivity contribution in [1.29, 1.82) is 0 Å². The highest BCUT2D eigenvalue weighted by Crippen LogP contribution is 2.35. The van der Waals surface area contributed by atoms with Crippen molar-refractivity contribution in [1.82, 2.24) is 10.3 Å². The minimum absolute atomic E-state index is 0.124. The molecule has 0 fully saturated rings. The molecule has 42 heavy (non-hydrogen) atoms. The molecule has 3 aromatic carbocycles. The highest BCUT2D eigenvalue weighted by molar-refractivity contribution is 6.31. The van der Waals surface area contributed by atoms with Gasteiger partial charge in [0, 0.05) is 35.6 Å². The number of nitrogens with one attached hydrogen (secondary N) is 3. The van der Waals surface area contributed by atoms with Crippen molar-refractivity contribution in [2.45, 2.75) is 30.0 Å². The third kappa shape index (κ3) is 7.88. The van der Waals surface area contributed by atoms with E-state index in [1.165, 1.54) is 54.6 Å². The van der Waals surface area contributed by atoms with Gasteiger partial charge in [0.25, 0.3) is 22.6 Å². The number of halogens is 5. The Hall–Kier alpha value is -3.91. The number of carbonyl (C=O) groups excluding carboxylic acids is 3. The molecule has 4 rings (SSSR count). The summed E-state index contributed by atoms with van der Waals surface area (Å²) in [5.74, 6) is -1.01. The van der Waals surface area contributed by atoms with Gasteiger partial charge in [0.15, 0.2) is 0 Å². The number of benzene rings is 3. The van der Waals surface area contributed by atoms with E-state index in [2.05, 4.69) is 20.9 Å². The Morgan fingerprint density at radius 1 is 0.929 bits per heavy atom. The van der Waals surface area contributed by atoms with Gasteiger partial charge >= 0.3 is 21.6 Å². The topological polar surface area (TPSA) is 109 Å². The Morgan fingerprint density at radius 3 is 2.17 bits per heavy atom. The zero-order valence-corrected chi connectivity index (χ0v) is 25.2. The minimum Gasteiger partial charge on any atom is -0.427 e. The van der Waals surface area contributed by atoms with Gasteiger partial charge in [-0.3, -0.25) is 14.4 Å². The van der Waals surface area contributed by atoms with Crippen molar-refractivity contribution in [3.8, 4) is 5.75 Å². The molecular formula is C29H24ClF3IN4O4+. The summed E-state index contributed by atoms with van der Waals surface area (Å²) in [4.78, 5) is 40.2. The number of anilines is 3. The van der Waals surface area contributed by atoms with Gasteiger partial charge in [0.1, 0.15) is 11.4 Å². The van der Waals surface area contributed by atoms with E-state index in [0.717, 1.165) is 6.07 Å². The van der Waals surface area contributed by atoms with Crippen LogP contribution in [0.1, 0.15) is 25.1 Å². The molecule has 1 unspecified atom stereocenters. The molecule has 0 saturated carbocycles. The van der Waals surface area contributed by atoms with Crippen molar-refractivity contribution < 1.29 is 54.9 Å². The summed E-state index contributed by atoms with van der Waals surface area (Å²) in [7, 11) is 0. The highest BCUT2D eigenvalue weighted by Gasteiger charge is 2.46. The molecule has 4 aromatic rings. The smallest absolute Gasteiger partial charge is 0.427 e. The van der Waals surface area contributed by atoms with Gasteiger partial charge in [-0.25, -0.2) is 4.98 Å². The van der Waals surface area contributed by atoms with Crippen molar-refractivity contribution in [2.24, 2.45) is 0 Å². The van der Waals surface area contributed by atoms with Crippen LogP contribution in [-0.2, 0) is 27.0 Å². The van der Waals surface area contributed by atoms with E-state index in [4.69, 9.17) is 16.3 Å². The third-order valence-corrected chi connectivity index (χ3v) is 7.33. The number of amides is 2. The standard InChI is InChI=1S/C29H23ClF3IN4O4/c1-16(39)38-28(34,15-18-3-10-22(11-4-18)42-17(2)40)27(41)36-21-8-6-20(7-9-21)35-25-14-26(29(31,32)33)37-24-12-5-19(30)13-23(24)25/h3-14,34H,15H2,1-2H3,(H2-,35,36,37,38,39,41)/p+1. The maximum absolute atomic E-state index is 13.5. The summed E-state index contributed by atoms with van der Waals surface area (Å²) in [6.45, 7) is 2.59. The van der Waals surface area contributed by atoms with Gasteiger partial charge in [0.2, 0.25) is 5.91 Å². The summed E-state index contributed by atoms with van der Waals surface area (Å²) >= 11 is 7.56. The van der Waals surface area contributed by atoms with Crippen molar-refractivity contribution >= 4 is 57.3 Å². The second-order valence-corrected chi connectivity index (χ2v) is 11.7. The monoisotopic (exact) mass is 711 g/mol. The van der Waals surface area contributed by atoms with E-state index in [0.29, 0.717) is 33.1 Å². The normalized spacial score (nSPS) is 12.7. The lowest BCUT2D eigenvalue weighted by Gasteiger charge is -2.21. The lowest BCUT2D eigenvalue weighted by atomic mass is 10.0. The lowest BCUT2D eigenvalue weighted by Crippen LogP contribution is -3.46. The van der Waals surface area contributed by atoms with Gasteiger partial charge in [0.05, 0.1) is 17.6 Å². The maximum Gasteiger partial charge on any atom is 0.433 e. The van der Waals surface area contributed by atoms with Gasteiger partial charge in [-0.1, -0.05) is 23.7 Å². The van der Waals surface area contributed by atoms with E-state index < -0.39 is 33.2 Å². The summed E-state index contributed by atoms with van der Waals surface area (Å²) in [6, 6.07) is 18.2. The number of rotatable bonds is 8. The summed E-state index contributed by atoms with van der Waals surface area (Å²) in [5.41, 5.74) is 0.786. The molecule has 1 aromatic heterocycles. The van der Waals surface area contributed by atoms with E-state index >= 15 is 0 Å². The maximum atomic E-state index is 13.5. The summed E-state index contributed by atoms with van der Waals surface area (Å²) in [6.07, 6.45) is -4.51. The molecule has 0 bridgehead atoms. The molecule has 0 saturated heterocycles. The van der Waals surface area contributed by atoms with E-state index in [1.54, 1.807) is 48.5 Å². The first-order valence-electron chi connectivity index (χ1n) is 12.3. The number of hydrogen-bond acceptors (Lipinski definition) is 6. The predicted octanol–water partition coefficient (Wildman–Crippen LogP) is 2.88. The fourth-order valence-corrected chi connectivity index (χ4v) is 5.27. The molecule has 2 amide bonds. The Balaban J connectivity index is 1.53. The highest BCUT2D eigenvalue weighted by atomic mass is 127. The number of ether oxygens (including phenoxy) is 1. The van der Waals surface area contributed by atoms with Crippen LogP contribution in [0, 0.1) is 0 Å². The largest absolute Gasteiger partial charge is 0.433 e. The predicted molar refractivity (Wildman–Crippen MR) is 150 cm³/mol. The number of pyridine rings is 1. The average molecular weight is 712 g/mol. The molecule has 3 N–H and O–H groups in total. The van der Waals surface area contributed by atoms with E-state index in [1.807, 2.05) is 0 Å². The first-order chi connectivity index (χ1) is 19.7. The molecule has 1 heterocycles. The SMILES string of the molecule is CC(=O)NC([IH+])(Cc1ccc(OC(C)=O)cc1)C(=O)Nc1ccc(Nc2cc(C(F)(F)F)nc3ccc(Cl)cc23)cc1. The average Bonchev–Trinajstić information content (AvgIpc) is 2.89. The number of aromatic nitrogens is 1. The number of nitrogens with zero attached hydrogens (tertiary/aromatic N) is 1.